The molecule has 2 nitrogen and oxygen atoms in total. The number of nitrogens with one attached hydrogen (secondary N) is 1. The van der Waals surface area contributed by atoms with Gasteiger partial charge in [-0.15, -0.1) is 0 Å². The van der Waals surface area contributed by atoms with Crippen molar-refractivity contribution in [2.45, 2.75) is 13.0 Å². The van der Waals surface area contributed by atoms with E-state index in [1.165, 1.54) is 11.1 Å². The van der Waals surface area contributed by atoms with Crippen molar-refractivity contribution in [3.8, 4) is 11.1 Å². The van der Waals surface area contributed by atoms with Crippen molar-refractivity contribution >= 4 is 21.6 Å². The average Bonchev–Trinajstić information content (AvgIpc) is 2.96. The van der Waals surface area contributed by atoms with E-state index in [9.17, 15) is 0 Å². The van der Waals surface area contributed by atoms with E-state index in [0.29, 0.717) is 0 Å². The predicted molar refractivity (Wildman–Crippen MR) is 90.3 cm³/mol. The molecule has 0 aliphatic heterocycles. The standard InChI is InChI=1S/C18H16BrNO/c1-13(17-11-12-18(19)21-17)20-16-9-7-15(8-10-16)14-5-3-2-4-6-14/h2-13,20H,1H3. The highest BCUT2D eigenvalue weighted by Gasteiger charge is 2.09. The molecule has 1 heterocycles. The van der Waals surface area contributed by atoms with Crippen molar-refractivity contribution in [3.63, 3.8) is 0 Å². The zero-order valence-electron chi connectivity index (χ0n) is 11.7. The van der Waals surface area contributed by atoms with Crippen LogP contribution in [0.25, 0.3) is 11.1 Å². The normalized spacial score (nSPS) is 12.1. The molecule has 1 N–H and O–H groups in total. The summed E-state index contributed by atoms with van der Waals surface area (Å²) in [5.74, 6) is 0.911. The van der Waals surface area contributed by atoms with Gasteiger partial charge >= 0.3 is 0 Å². The molecule has 0 fully saturated rings. The largest absolute Gasteiger partial charge is 0.452 e. The molecule has 3 rings (SSSR count). The Morgan fingerprint density at radius 1 is 0.857 bits per heavy atom. The monoisotopic (exact) mass is 341 g/mol. The first-order chi connectivity index (χ1) is 10.2. The van der Waals surface area contributed by atoms with Gasteiger partial charge in [-0.1, -0.05) is 42.5 Å². The van der Waals surface area contributed by atoms with E-state index in [1.54, 1.807) is 0 Å². The Bertz CT molecular complexity index is 704. The molecule has 1 unspecified atom stereocenters. The first-order valence-electron chi connectivity index (χ1n) is 6.89. The summed E-state index contributed by atoms with van der Waals surface area (Å²) in [6.45, 7) is 2.08. The molecule has 106 valence electrons. The van der Waals surface area contributed by atoms with Crippen LogP contribution in [0, 0.1) is 0 Å². The van der Waals surface area contributed by atoms with Crippen LogP contribution in [-0.2, 0) is 0 Å². The molecule has 0 bridgehead atoms. The van der Waals surface area contributed by atoms with Crippen LogP contribution < -0.4 is 5.32 Å². The molecule has 21 heavy (non-hydrogen) atoms. The first kappa shape index (κ1) is 14.0. The Morgan fingerprint density at radius 3 is 2.14 bits per heavy atom. The van der Waals surface area contributed by atoms with Gasteiger partial charge in [-0.3, -0.25) is 0 Å². The summed E-state index contributed by atoms with van der Waals surface area (Å²) in [6.07, 6.45) is 0. The summed E-state index contributed by atoms with van der Waals surface area (Å²) in [7, 11) is 0. The van der Waals surface area contributed by atoms with Crippen molar-refractivity contribution < 1.29 is 4.42 Å². The van der Waals surface area contributed by atoms with Crippen molar-refractivity contribution in [3.05, 3.63) is 77.2 Å². The molecule has 1 atom stereocenters. The molecule has 0 spiro atoms. The Morgan fingerprint density at radius 2 is 1.52 bits per heavy atom. The SMILES string of the molecule is CC(Nc1ccc(-c2ccccc2)cc1)c1ccc(Br)o1. The summed E-state index contributed by atoms with van der Waals surface area (Å²) in [4.78, 5) is 0. The van der Waals surface area contributed by atoms with Crippen LogP contribution in [0.5, 0.6) is 0 Å². The van der Waals surface area contributed by atoms with Gasteiger partial charge in [-0.25, -0.2) is 0 Å². The number of hydrogen-bond acceptors (Lipinski definition) is 2. The second-order valence-electron chi connectivity index (χ2n) is 4.95. The Kier molecular flexibility index (Phi) is 4.11. The third-order valence-electron chi connectivity index (χ3n) is 3.40. The summed E-state index contributed by atoms with van der Waals surface area (Å²) >= 11 is 3.33. The lowest BCUT2D eigenvalue weighted by atomic mass is 10.1. The minimum absolute atomic E-state index is 0.124. The van der Waals surface area contributed by atoms with E-state index in [1.807, 2.05) is 18.2 Å². The molecule has 0 aliphatic rings. The highest BCUT2D eigenvalue weighted by molar-refractivity contribution is 9.10. The predicted octanol–water partition coefficient (Wildman–Crippen LogP) is 5.88. The van der Waals surface area contributed by atoms with E-state index in [-0.39, 0.29) is 6.04 Å². The van der Waals surface area contributed by atoms with Gasteiger partial charge in [0.1, 0.15) is 5.76 Å². The summed E-state index contributed by atoms with van der Waals surface area (Å²) < 4.78 is 6.32. The fourth-order valence-electron chi connectivity index (χ4n) is 2.27. The fraction of sp³-hybridized carbons (Fsp3) is 0.111. The summed E-state index contributed by atoms with van der Waals surface area (Å²) in [5.41, 5.74) is 3.52. The van der Waals surface area contributed by atoms with E-state index in [0.717, 1.165) is 16.1 Å². The van der Waals surface area contributed by atoms with Gasteiger partial charge < -0.3 is 9.73 Å². The zero-order valence-corrected chi connectivity index (χ0v) is 13.3. The van der Waals surface area contributed by atoms with Gasteiger partial charge in [0, 0.05) is 5.69 Å². The van der Waals surface area contributed by atoms with Crippen LogP contribution in [0.3, 0.4) is 0 Å². The highest BCUT2D eigenvalue weighted by Crippen LogP contribution is 2.25. The number of halogens is 1. The average molecular weight is 342 g/mol. The lowest BCUT2D eigenvalue weighted by Gasteiger charge is -2.13. The van der Waals surface area contributed by atoms with Crippen LogP contribution in [0.1, 0.15) is 18.7 Å². The minimum atomic E-state index is 0.124. The van der Waals surface area contributed by atoms with E-state index < -0.39 is 0 Å². The zero-order chi connectivity index (χ0) is 14.7. The van der Waals surface area contributed by atoms with Gasteiger partial charge in [-0.05, 0) is 58.2 Å². The Hall–Kier alpha value is -2.00. The van der Waals surface area contributed by atoms with Crippen LogP contribution in [-0.4, -0.2) is 0 Å². The number of anilines is 1. The van der Waals surface area contributed by atoms with Crippen LogP contribution in [0.2, 0.25) is 0 Å². The topological polar surface area (TPSA) is 25.2 Å². The number of benzene rings is 2. The molecule has 0 saturated carbocycles. The molecular formula is C18H16BrNO. The maximum absolute atomic E-state index is 5.56. The van der Waals surface area contributed by atoms with Crippen molar-refractivity contribution in [1.82, 2.24) is 0 Å². The van der Waals surface area contributed by atoms with Crippen molar-refractivity contribution in [2.24, 2.45) is 0 Å². The molecule has 3 heteroatoms. The van der Waals surface area contributed by atoms with Crippen LogP contribution in [0.15, 0.2) is 75.8 Å². The molecule has 3 aromatic rings. The maximum Gasteiger partial charge on any atom is 0.169 e. The van der Waals surface area contributed by atoms with Gasteiger partial charge in [0.2, 0.25) is 0 Å². The van der Waals surface area contributed by atoms with Crippen molar-refractivity contribution in [2.75, 3.05) is 5.32 Å². The molecule has 0 aliphatic carbocycles. The summed E-state index contributed by atoms with van der Waals surface area (Å²) in [5, 5.41) is 3.44. The number of furan rings is 1. The molecule has 1 aromatic heterocycles. The Labute approximate surface area is 132 Å². The third-order valence-corrected chi connectivity index (χ3v) is 3.82. The van der Waals surface area contributed by atoms with Crippen LogP contribution in [0.4, 0.5) is 5.69 Å². The second kappa shape index (κ2) is 6.19. The first-order valence-corrected chi connectivity index (χ1v) is 7.69. The highest BCUT2D eigenvalue weighted by atomic mass is 79.9. The van der Waals surface area contributed by atoms with Gasteiger partial charge in [0.25, 0.3) is 0 Å². The van der Waals surface area contributed by atoms with Gasteiger partial charge in [0.05, 0.1) is 6.04 Å². The van der Waals surface area contributed by atoms with Crippen LogP contribution >= 0.6 is 15.9 Å². The molecular weight excluding hydrogens is 326 g/mol. The van der Waals surface area contributed by atoms with E-state index in [4.69, 9.17) is 4.42 Å². The molecule has 2 aromatic carbocycles. The fourth-order valence-corrected chi connectivity index (χ4v) is 2.59. The third kappa shape index (κ3) is 3.37. The maximum atomic E-state index is 5.56. The molecule has 0 amide bonds. The molecule has 0 saturated heterocycles. The van der Waals surface area contributed by atoms with E-state index >= 15 is 0 Å². The summed E-state index contributed by atoms with van der Waals surface area (Å²) in [6, 6.07) is 22.8. The minimum Gasteiger partial charge on any atom is -0.452 e. The Balaban J connectivity index is 1.73. The van der Waals surface area contributed by atoms with Gasteiger partial charge in [0.15, 0.2) is 4.67 Å². The number of hydrogen-bond donors (Lipinski definition) is 1. The van der Waals surface area contributed by atoms with E-state index in [2.05, 4.69) is 76.7 Å². The second-order valence-corrected chi connectivity index (χ2v) is 5.73. The lowest BCUT2D eigenvalue weighted by molar-refractivity contribution is 0.471. The number of rotatable bonds is 4. The smallest absolute Gasteiger partial charge is 0.169 e. The van der Waals surface area contributed by atoms with Crippen molar-refractivity contribution in [1.29, 1.82) is 0 Å². The molecule has 0 radical (unpaired) electrons. The lowest BCUT2D eigenvalue weighted by Crippen LogP contribution is -2.05. The van der Waals surface area contributed by atoms with Gasteiger partial charge in [-0.2, -0.15) is 0 Å². The quantitative estimate of drug-likeness (QED) is 0.640.